The van der Waals surface area contributed by atoms with Crippen LogP contribution >= 0.6 is 0 Å². The predicted octanol–water partition coefficient (Wildman–Crippen LogP) is 3.59. The van der Waals surface area contributed by atoms with Gasteiger partial charge in [-0.1, -0.05) is 17.3 Å². The number of aryl methyl sites for hydroxylation is 1. The summed E-state index contributed by atoms with van der Waals surface area (Å²) in [5.74, 6) is 0.859. The van der Waals surface area contributed by atoms with Gasteiger partial charge in [0.05, 0.1) is 29.2 Å². The summed E-state index contributed by atoms with van der Waals surface area (Å²) in [5.41, 5.74) is 2.81. The maximum Gasteiger partial charge on any atom is 0.258 e. The van der Waals surface area contributed by atoms with Crippen LogP contribution in [-0.4, -0.2) is 39.1 Å². The maximum atomic E-state index is 14.9. The van der Waals surface area contributed by atoms with Crippen LogP contribution < -0.4 is 10.2 Å². The lowest BCUT2D eigenvalue weighted by Gasteiger charge is -2.34. The van der Waals surface area contributed by atoms with Crippen LogP contribution in [0.1, 0.15) is 24.5 Å². The Hall–Kier alpha value is -3.75. The van der Waals surface area contributed by atoms with E-state index >= 15 is 0 Å². The topological polar surface area (TPSA) is 99.9 Å². The van der Waals surface area contributed by atoms with Gasteiger partial charge in [-0.05, 0) is 50.1 Å². The second kappa shape index (κ2) is 8.41. The summed E-state index contributed by atoms with van der Waals surface area (Å²) in [6, 6.07) is 12.6. The van der Waals surface area contributed by atoms with Crippen LogP contribution in [0.25, 0.3) is 22.5 Å². The van der Waals surface area contributed by atoms with Crippen molar-refractivity contribution in [3.63, 3.8) is 0 Å². The molecule has 9 heteroatoms. The standard InChI is InChI=1S/C23H23FN6O2/c1-14-26-23(32-29-14)15-8-9-20(17(24)11-15)30-10-4-5-16(13-30)22(31)25-12-21-27-18-6-2-3-7-19(18)28-21/h2-3,6-9,11,16H,4-5,10,12-13H2,1H3,(H,25,31)(H,27,28). The van der Waals surface area contributed by atoms with Crippen molar-refractivity contribution in [2.75, 3.05) is 18.0 Å². The van der Waals surface area contributed by atoms with Gasteiger partial charge in [-0.15, -0.1) is 0 Å². The zero-order valence-electron chi connectivity index (χ0n) is 17.6. The van der Waals surface area contributed by atoms with Crippen LogP contribution in [0.4, 0.5) is 10.1 Å². The van der Waals surface area contributed by atoms with E-state index < -0.39 is 0 Å². The Balaban J connectivity index is 1.24. The molecule has 1 aliphatic rings. The highest BCUT2D eigenvalue weighted by atomic mass is 19.1. The zero-order valence-corrected chi connectivity index (χ0v) is 17.6. The third kappa shape index (κ3) is 4.05. The number of amides is 1. The molecule has 1 atom stereocenters. The number of carbonyl (C=O) groups excluding carboxylic acids is 1. The minimum Gasteiger partial charge on any atom is -0.368 e. The first-order valence-electron chi connectivity index (χ1n) is 10.6. The Morgan fingerprint density at radius 1 is 1.28 bits per heavy atom. The molecule has 164 valence electrons. The average Bonchev–Trinajstić information content (AvgIpc) is 3.43. The molecule has 2 aromatic heterocycles. The summed E-state index contributed by atoms with van der Waals surface area (Å²) in [6.07, 6.45) is 1.58. The maximum absolute atomic E-state index is 14.9. The number of hydrogen-bond donors (Lipinski definition) is 2. The summed E-state index contributed by atoms with van der Waals surface area (Å²) < 4.78 is 20.0. The highest BCUT2D eigenvalue weighted by Gasteiger charge is 2.27. The molecule has 3 heterocycles. The van der Waals surface area contributed by atoms with Gasteiger partial charge in [0.2, 0.25) is 5.91 Å². The van der Waals surface area contributed by atoms with Crippen LogP contribution in [0.15, 0.2) is 47.0 Å². The van der Waals surface area contributed by atoms with Crippen molar-refractivity contribution in [2.45, 2.75) is 26.3 Å². The fourth-order valence-corrected chi connectivity index (χ4v) is 4.13. The molecule has 0 saturated carbocycles. The largest absolute Gasteiger partial charge is 0.368 e. The van der Waals surface area contributed by atoms with E-state index in [1.807, 2.05) is 29.2 Å². The SMILES string of the molecule is Cc1noc(-c2ccc(N3CCCC(C(=O)NCc4nc5ccccc5[nH]4)C3)c(F)c2)n1. The molecule has 0 spiro atoms. The molecular formula is C23H23FN6O2. The Kier molecular flexibility index (Phi) is 5.30. The molecule has 5 rings (SSSR count). The summed E-state index contributed by atoms with van der Waals surface area (Å²) in [7, 11) is 0. The van der Waals surface area contributed by atoms with Crippen molar-refractivity contribution in [1.29, 1.82) is 0 Å². The van der Waals surface area contributed by atoms with Crippen molar-refractivity contribution < 1.29 is 13.7 Å². The Morgan fingerprint density at radius 3 is 2.94 bits per heavy atom. The van der Waals surface area contributed by atoms with E-state index in [2.05, 4.69) is 25.4 Å². The second-order valence-corrected chi connectivity index (χ2v) is 8.02. The van der Waals surface area contributed by atoms with Gasteiger partial charge in [-0.25, -0.2) is 9.37 Å². The molecule has 32 heavy (non-hydrogen) atoms. The first-order valence-corrected chi connectivity index (χ1v) is 10.6. The lowest BCUT2D eigenvalue weighted by molar-refractivity contribution is -0.125. The molecule has 0 radical (unpaired) electrons. The zero-order chi connectivity index (χ0) is 22.1. The minimum absolute atomic E-state index is 0.0477. The molecule has 2 N–H and O–H groups in total. The van der Waals surface area contributed by atoms with Crippen molar-refractivity contribution in [2.24, 2.45) is 5.92 Å². The van der Waals surface area contributed by atoms with Gasteiger partial charge in [-0.3, -0.25) is 4.79 Å². The van der Waals surface area contributed by atoms with E-state index in [1.165, 1.54) is 6.07 Å². The Bertz CT molecular complexity index is 1230. The number of aromatic nitrogens is 4. The van der Waals surface area contributed by atoms with Crippen molar-refractivity contribution >= 4 is 22.6 Å². The summed E-state index contributed by atoms with van der Waals surface area (Å²) >= 11 is 0. The third-order valence-electron chi connectivity index (χ3n) is 5.72. The number of fused-ring (bicyclic) bond motifs is 1. The number of nitrogens with zero attached hydrogens (tertiary/aromatic N) is 4. The van der Waals surface area contributed by atoms with Gasteiger partial charge in [0.1, 0.15) is 11.6 Å². The molecule has 1 unspecified atom stereocenters. The van der Waals surface area contributed by atoms with Crippen molar-refractivity contribution in [3.05, 3.63) is 59.9 Å². The van der Waals surface area contributed by atoms with E-state index in [0.717, 1.165) is 23.9 Å². The van der Waals surface area contributed by atoms with E-state index in [9.17, 15) is 9.18 Å². The molecule has 0 bridgehead atoms. The number of piperidine rings is 1. The number of nitrogens with one attached hydrogen (secondary N) is 2. The van der Waals surface area contributed by atoms with Crippen LogP contribution in [0.5, 0.6) is 0 Å². The smallest absolute Gasteiger partial charge is 0.258 e. The number of benzene rings is 2. The molecular weight excluding hydrogens is 411 g/mol. The molecule has 2 aromatic carbocycles. The minimum atomic E-state index is -0.373. The van der Waals surface area contributed by atoms with Crippen LogP contribution in [-0.2, 0) is 11.3 Å². The van der Waals surface area contributed by atoms with Crippen molar-refractivity contribution in [3.8, 4) is 11.5 Å². The van der Waals surface area contributed by atoms with E-state index in [1.54, 1.807) is 19.1 Å². The highest BCUT2D eigenvalue weighted by Crippen LogP contribution is 2.29. The number of imidazole rings is 1. The molecule has 1 amide bonds. The lowest BCUT2D eigenvalue weighted by Crippen LogP contribution is -2.43. The molecule has 8 nitrogen and oxygen atoms in total. The Morgan fingerprint density at radius 2 is 2.16 bits per heavy atom. The first kappa shape index (κ1) is 20.2. The number of para-hydroxylation sites is 2. The molecule has 1 fully saturated rings. The van der Waals surface area contributed by atoms with Crippen LogP contribution in [0.2, 0.25) is 0 Å². The predicted molar refractivity (Wildman–Crippen MR) is 117 cm³/mol. The molecule has 4 aromatic rings. The Labute approximate surface area is 183 Å². The van der Waals surface area contributed by atoms with Gasteiger partial charge in [0.15, 0.2) is 5.82 Å². The number of hydrogen-bond acceptors (Lipinski definition) is 6. The highest BCUT2D eigenvalue weighted by molar-refractivity contribution is 5.80. The number of aromatic amines is 1. The van der Waals surface area contributed by atoms with Gasteiger partial charge in [0, 0.05) is 18.7 Å². The lowest BCUT2D eigenvalue weighted by atomic mass is 9.96. The number of carbonyl (C=O) groups is 1. The quantitative estimate of drug-likeness (QED) is 0.498. The normalized spacial score (nSPS) is 16.4. The number of anilines is 1. The third-order valence-corrected chi connectivity index (χ3v) is 5.72. The van der Waals surface area contributed by atoms with Gasteiger partial charge in [0.25, 0.3) is 5.89 Å². The van der Waals surface area contributed by atoms with Crippen molar-refractivity contribution in [1.82, 2.24) is 25.4 Å². The number of H-pyrrole nitrogens is 1. The number of rotatable bonds is 5. The van der Waals surface area contributed by atoms with E-state index in [0.29, 0.717) is 42.5 Å². The monoisotopic (exact) mass is 434 g/mol. The molecule has 0 aliphatic carbocycles. The molecule has 1 saturated heterocycles. The van der Waals surface area contributed by atoms with Gasteiger partial charge in [-0.2, -0.15) is 4.98 Å². The fourth-order valence-electron chi connectivity index (χ4n) is 4.13. The first-order chi connectivity index (χ1) is 15.6. The van der Waals surface area contributed by atoms with Gasteiger partial charge >= 0.3 is 0 Å². The summed E-state index contributed by atoms with van der Waals surface area (Å²) in [6.45, 7) is 3.20. The summed E-state index contributed by atoms with van der Waals surface area (Å²) in [4.78, 5) is 26.6. The fraction of sp³-hybridized carbons (Fsp3) is 0.304. The van der Waals surface area contributed by atoms with Crippen LogP contribution in [0.3, 0.4) is 0 Å². The average molecular weight is 434 g/mol. The van der Waals surface area contributed by atoms with Gasteiger partial charge < -0.3 is 19.7 Å². The molecule has 1 aliphatic heterocycles. The van der Waals surface area contributed by atoms with E-state index in [4.69, 9.17) is 4.52 Å². The van der Waals surface area contributed by atoms with Crippen LogP contribution in [0, 0.1) is 18.7 Å². The van der Waals surface area contributed by atoms with E-state index in [-0.39, 0.29) is 23.5 Å². The second-order valence-electron chi connectivity index (χ2n) is 8.02. The summed E-state index contributed by atoms with van der Waals surface area (Å²) in [5, 5.41) is 6.71. The number of halogens is 1.